The van der Waals surface area contributed by atoms with Crippen LogP contribution in [0, 0.1) is 6.92 Å². The molecule has 160 valence electrons. The summed E-state index contributed by atoms with van der Waals surface area (Å²) in [5, 5.41) is 1.32. The van der Waals surface area contributed by atoms with Crippen LogP contribution in [0.1, 0.15) is 17.5 Å². The van der Waals surface area contributed by atoms with E-state index in [0.29, 0.717) is 16.7 Å². The number of aromatic nitrogens is 3. The molecule has 0 aliphatic heterocycles. The number of halogens is 2. The molecule has 2 aromatic heterocycles. The Bertz CT molecular complexity index is 1190. The minimum absolute atomic E-state index is 0. The molecule has 8 heteroatoms. The molecule has 0 N–H and O–H groups in total. The first-order chi connectivity index (χ1) is 14.6. The fraction of sp³-hybridized carbons (Fsp3) is 0.174. The van der Waals surface area contributed by atoms with Gasteiger partial charge in [-0.15, -0.1) is 12.4 Å². The summed E-state index contributed by atoms with van der Waals surface area (Å²) < 4.78 is 3.08. The van der Waals surface area contributed by atoms with E-state index >= 15 is 0 Å². The van der Waals surface area contributed by atoms with E-state index in [-0.39, 0.29) is 18.3 Å². The van der Waals surface area contributed by atoms with Crippen LogP contribution in [-0.4, -0.2) is 27.0 Å². The summed E-state index contributed by atoms with van der Waals surface area (Å²) in [5.74, 6) is -0.115. The van der Waals surface area contributed by atoms with Gasteiger partial charge < -0.3 is 4.57 Å². The summed E-state index contributed by atoms with van der Waals surface area (Å²) in [6.07, 6.45) is 9.57. The van der Waals surface area contributed by atoms with Gasteiger partial charge in [-0.1, -0.05) is 47.2 Å². The number of thiazole rings is 1. The predicted octanol–water partition coefficient (Wildman–Crippen LogP) is 6.01. The number of benzene rings is 2. The lowest BCUT2D eigenvalue weighted by atomic mass is 10.2. The number of amides is 1. The molecule has 5 nitrogen and oxygen atoms in total. The number of nitrogens with zero attached hydrogens (tertiary/aromatic N) is 4. The third-order valence-electron chi connectivity index (χ3n) is 4.70. The Kier molecular flexibility index (Phi) is 7.85. The molecule has 0 aliphatic carbocycles. The molecule has 0 spiro atoms. The highest BCUT2D eigenvalue weighted by molar-refractivity contribution is 7.22. The highest BCUT2D eigenvalue weighted by Crippen LogP contribution is 2.30. The number of aryl methyl sites for hydroxylation is 2. The second-order valence-corrected chi connectivity index (χ2v) is 8.38. The molecule has 0 bridgehead atoms. The van der Waals surface area contributed by atoms with Crippen molar-refractivity contribution < 1.29 is 4.79 Å². The Balaban J connectivity index is 0.00000272. The van der Waals surface area contributed by atoms with Gasteiger partial charge in [0.2, 0.25) is 0 Å². The monoisotopic (exact) mass is 472 g/mol. The second kappa shape index (κ2) is 10.6. The molecular weight excluding hydrogens is 451 g/mol. The van der Waals surface area contributed by atoms with Crippen LogP contribution < -0.4 is 4.90 Å². The zero-order valence-corrected chi connectivity index (χ0v) is 19.3. The quantitative estimate of drug-likeness (QED) is 0.309. The van der Waals surface area contributed by atoms with Gasteiger partial charge in [-0.2, -0.15) is 0 Å². The van der Waals surface area contributed by atoms with Crippen molar-refractivity contribution in [1.82, 2.24) is 14.5 Å². The maximum absolute atomic E-state index is 13.1. The molecule has 1 amide bonds. The number of fused-ring (bicyclic) bond motifs is 1. The molecule has 0 saturated carbocycles. The molecule has 2 aromatic carbocycles. The topological polar surface area (TPSA) is 51.0 Å². The number of carbonyl (C=O) groups is 1. The van der Waals surface area contributed by atoms with Gasteiger partial charge in [0.05, 0.1) is 16.5 Å². The van der Waals surface area contributed by atoms with Gasteiger partial charge in [0.25, 0.3) is 5.91 Å². The van der Waals surface area contributed by atoms with E-state index in [1.165, 1.54) is 16.9 Å². The Labute approximate surface area is 196 Å². The van der Waals surface area contributed by atoms with Crippen molar-refractivity contribution in [3.8, 4) is 0 Å². The number of hydrogen-bond donors (Lipinski definition) is 0. The molecule has 2 heterocycles. The van der Waals surface area contributed by atoms with Crippen molar-refractivity contribution in [1.29, 1.82) is 0 Å². The molecule has 0 atom stereocenters. The van der Waals surface area contributed by atoms with Gasteiger partial charge in [-0.25, -0.2) is 9.97 Å². The van der Waals surface area contributed by atoms with Gasteiger partial charge in [-0.05, 0) is 48.7 Å². The SMILES string of the molecule is Cc1ccc2nc(N(CCCn3ccnc3)C(=O)/C=C/c3ccccc3Cl)sc2c1.Cl. The van der Waals surface area contributed by atoms with Crippen LogP contribution in [-0.2, 0) is 11.3 Å². The fourth-order valence-electron chi connectivity index (χ4n) is 3.13. The molecule has 0 radical (unpaired) electrons. The summed E-state index contributed by atoms with van der Waals surface area (Å²) in [4.78, 5) is 23.6. The molecule has 0 fully saturated rings. The summed E-state index contributed by atoms with van der Waals surface area (Å²) in [7, 11) is 0. The van der Waals surface area contributed by atoms with E-state index in [1.807, 2.05) is 47.2 Å². The van der Waals surface area contributed by atoms with E-state index in [2.05, 4.69) is 18.0 Å². The first-order valence-electron chi connectivity index (χ1n) is 9.67. The van der Waals surface area contributed by atoms with E-state index in [1.54, 1.807) is 29.6 Å². The summed E-state index contributed by atoms with van der Waals surface area (Å²) in [5.41, 5.74) is 2.89. The second-order valence-electron chi connectivity index (χ2n) is 6.97. The molecule has 4 rings (SSSR count). The molecule has 0 unspecified atom stereocenters. The van der Waals surface area contributed by atoms with E-state index in [9.17, 15) is 4.79 Å². The molecule has 0 aliphatic rings. The van der Waals surface area contributed by atoms with Crippen molar-refractivity contribution >= 4 is 62.7 Å². The van der Waals surface area contributed by atoms with Crippen LogP contribution in [0.15, 0.2) is 67.3 Å². The molecule has 0 saturated heterocycles. The largest absolute Gasteiger partial charge is 0.337 e. The Morgan fingerprint density at radius 3 is 2.87 bits per heavy atom. The van der Waals surface area contributed by atoms with Crippen molar-refractivity contribution in [2.24, 2.45) is 0 Å². The maximum Gasteiger partial charge on any atom is 0.252 e. The zero-order valence-electron chi connectivity index (χ0n) is 16.9. The summed E-state index contributed by atoms with van der Waals surface area (Å²) >= 11 is 7.75. The van der Waals surface area contributed by atoms with Crippen LogP contribution in [0.25, 0.3) is 16.3 Å². The van der Waals surface area contributed by atoms with Crippen LogP contribution in [0.3, 0.4) is 0 Å². The molecular formula is C23H22Cl2N4OS. The minimum Gasteiger partial charge on any atom is -0.337 e. The fourth-order valence-corrected chi connectivity index (χ4v) is 4.42. The first kappa shape index (κ1) is 23.0. The normalized spacial score (nSPS) is 11.0. The Hall–Kier alpha value is -2.67. The Morgan fingerprint density at radius 1 is 1.26 bits per heavy atom. The van der Waals surface area contributed by atoms with Gasteiger partial charge in [0.1, 0.15) is 0 Å². The zero-order chi connectivity index (χ0) is 20.9. The van der Waals surface area contributed by atoms with Crippen LogP contribution in [0.4, 0.5) is 5.13 Å². The number of carbonyl (C=O) groups excluding carboxylic acids is 1. The maximum atomic E-state index is 13.1. The van der Waals surface area contributed by atoms with Gasteiger partial charge in [-0.3, -0.25) is 9.69 Å². The van der Waals surface area contributed by atoms with E-state index in [4.69, 9.17) is 16.6 Å². The third kappa shape index (κ3) is 5.73. The van der Waals surface area contributed by atoms with Crippen LogP contribution >= 0.6 is 35.3 Å². The van der Waals surface area contributed by atoms with Crippen molar-refractivity contribution in [2.75, 3.05) is 11.4 Å². The van der Waals surface area contributed by atoms with Crippen molar-refractivity contribution in [3.05, 3.63) is 83.4 Å². The minimum atomic E-state index is -0.115. The highest BCUT2D eigenvalue weighted by Gasteiger charge is 2.18. The van der Waals surface area contributed by atoms with Gasteiger partial charge in [0, 0.05) is 36.6 Å². The summed E-state index contributed by atoms with van der Waals surface area (Å²) in [6.45, 7) is 3.39. The van der Waals surface area contributed by atoms with Gasteiger partial charge >= 0.3 is 0 Å². The number of anilines is 1. The lowest BCUT2D eigenvalue weighted by Gasteiger charge is -2.18. The third-order valence-corrected chi connectivity index (χ3v) is 6.08. The van der Waals surface area contributed by atoms with Crippen LogP contribution in [0.2, 0.25) is 5.02 Å². The smallest absolute Gasteiger partial charge is 0.252 e. The van der Waals surface area contributed by atoms with Gasteiger partial charge in [0.15, 0.2) is 5.13 Å². The highest BCUT2D eigenvalue weighted by atomic mass is 35.5. The lowest BCUT2D eigenvalue weighted by Crippen LogP contribution is -2.30. The summed E-state index contributed by atoms with van der Waals surface area (Å²) in [6, 6.07) is 13.6. The number of rotatable bonds is 7. The van der Waals surface area contributed by atoms with E-state index < -0.39 is 0 Å². The van der Waals surface area contributed by atoms with Crippen molar-refractivity contribution in [2.45, 2.75) is 19.9 Å². The lowest BCUT2D eigenvalue weighted by molar-refractivity contribution is -0.114. The standard InChI is InChI=1S/C23H21ClN4OS.ClH/c1-17-7-9-20-21(15-17)30-23(26-20)28(13-4-12-27-14-11-25-16-27)22(29)10-8-18-5-2-3-6-19(18)24;/h2-3,5-11,14-16H,4,12-13H2,1H3;1H/b10-8+;. The number of imidazole rings is 1. The van der Waals surface area contributed by atoms with Crippen molar-refractivity contribution in [3.63, 3.8) is 0 Å². The Morgan fingerprint density at radius 2 is 2.10 bits per heavy atom. The predicted molar refractivity (Wildman–Crippen MR) is 131 cm³/mol. The van der Waals surface area contributed by atoms with Crippen LogP contribution in [0.5, 0.6) is 0 Å². The van der Waals surface area contributed by atoms with E-state index in [0.717, 1.165) is 28.7 Å². The number of hydrogen-bond acceptors (Lipinski definition) is 4. The first-order valence-corrected chi connectivity index (χ1v) is 10.9. The molecule has 31 heavy (non-hydrogen) atoms. The average molecular weight is 473 g/mol. The average Bonchev–Trinajstić information content (AvgIpc) is 3.39. The molecule has 4 aromatic rings.